The molecule has 1 aromatic carbocycles. The molecule has 2 amide bonds. The minimum absolute atomic E-state index is 0.239. The monoisotopic (exact) mass is 330 g/mol. The van der Waals surface area contributed by atoms with Gasteiger partial charge in [-0.2, -0.15) is 0 Å². The summed E-state index contributed by atoms with van der Waals surface area (Å²) in [6.07, 6.45) is 2.68. The van der Waals surface area contributed by atoms with Gasteiger partial charge in [-0.1, -0.05) is 23.7 Å². The summed E-state index contributed by atoms with van der Waals surface area (Å²) in [7, 11) is 0. The van der Waals surface area contributed by atoms with Crippen molar-refractivity contribution >= 4 is 23.4 Å². The van der Waals surface area contributed by atoms with E-state index in [1.165, 1.54) is 11.2 Å². The molecule has 6 nitrogen and oxygen atoms in total. The van der Waals surface area contributed by atoms with Gasteiger partial charge in [0.15, 0.2) is 0 Å². The van der Waals surface area contributed by atoms with E-state index in [0.717, 1.165) is 12.0 Å². The molecule has 0 spiro atoms. The first-order valence-corrected chi connectivity index (χ1v) is 7.62. The predicted octanol–water partition coefficient (Wildman–Crippen LogP) is 1.89. The van der Waals surface area contributed by atoms with E-state index in [2.05, 4.69) is 9.97 Å². The molecule has 1 aromatic heterocycles. The largest absolute Gasteiger partial charge is 0.368 e. The van der Waals surface area contributed by atoms with Crippen LogP contribution in [0.2, 0.25) is 5.02 Å². The van der Waals surface area contributed by atoms with Crippen molar-refractivity contribution in [3.63, 3.8) is 0 Å². The lowest BCUT2D eigenvalue weighted by Crippen LogP contribution is -2.43. The van der Waals surface area contributed by atoms with Gasteiger partial charge in [0.05, 0.1) is 5.69 Å². The lowest BCUT2D eigenvalue weighted by atomic mass is 10.1. The van der Waals surface area contributed by atoms with Crippen molar-refractivity contribution in [3.8, 4) is 11.3 Å². The first kappa shape index (κ1) is 15.4. The number of hydrogen-bond acceptors (Lipinski definition) is 4. The number of primary amides is 1. The number of nitrogens with two attached hydrogens (primary N) is 1. The third kappa shape index (κ3) is 3.17. The van der Waals surface area contributed by atoms with Crippen molar-refractivity contribution < 1.29 is 9.59 Å². The van der Waals surface area contributed by atoms with Crippen molar-refractivity contribution in [2.24, 2.45) is 5.73 Å². The first-order chi connectivity index (χ1) is 11.1. The maximum atomic E-state index is 12.6. The van der Waals surface area contributed by atoms with Crippen LogP contribution in [0.25, 0.3) is 11.3 Å². The third-order valence-corrected chi connectivity index (χ3v) is 4.08. The molecule has 1 atom stereocenters. The highest BCUT2D eigenvalue weighted by atomic mass is 35.5. The summed E-state index contributed by atoms with van der Waals surface area (Å²) in [5, 5.41) is 0.585. The maximum absolute atomic E-state index is 12.6. The molecule has 0 radical (unpaired) electrons. The summed E-state index contributed by atoms with van der Waals surface area (Å²) in [5.74, 6) is -0.794. The van der Waals surface area contributed by atoms with E-state index < -0.39 is 11.9 Å². The molecule has 1 aliphatic rings. The number of amides is 2. The average molecular weight is 331 g/mol. The molecule has 1 saturated heterocycles. The standard InChI is InChI=1S/C16H15ClN4O2/c17-11-4-1-3-10(7-11)12-8-13(20-9-19-12)16(23)21-6-2-5-14(21)15(18)22/h1,3-4,7-9,14H,2,5-6H2,(H2,18,22)/t14-/m1/s1. The normalized spacial score (nSPS) is 17.3. The molecule has 1 aliphatic heterocycles. The number of rotatable bonds is 3. The van der Waals surface area contributed by atoms with Crippen LogP contribution in [0.3, 0.4) is 0 Å². The second-order valence-electron chi connectivity index (χ2n) is 5.36. The van der Waals surface area contributed by atoms with Crippen LogP contribution in [-0.4, -0.2) is 39.3 Å². The predicted molar refractivity (Wildman–Crippen MR) is 85.7 cm³/mol. The van der Waals surface area contributed by atoms with Crippen LogP contribution in [0.5, 0.6) is 0 Å². The molecule has 118 valence electrons. The van der Waals surface area contributed by atoms with Gasteiger partial charge < -0.3 is 10.6 Å². The van der Waals surface area contributed by atoms with Crippen LogP contribution in [-0.2, 0) is 4.79 Å². The average Bonchev–Trinajstić information content (AvgIpc) is 3.04. The highest BCUT2D eigenvalue weighted by Gasteiger charge is 2.33. The Balaban J connectivity index is 1.90. The fourth-order valence-electron chi connectivity index (χ4n) is 2.73. The second-order valence-corrected chi connectivity index (χ2v) is 5.79. The molecule has 0 saturated carbocycles. The van der Waals surface area contributed by atoms with E-state index in [0.29, 0.717) is 23.7 Å². The molecular formula is C16H15ClN4O2. The van der Waals surface area contributed by atoms with E-state index >= 15 is 0 Å². The molecule has 0 bridgehead atoms. The Morgan fingerprint density at radius 3 is 2.83 bits per heavy atom. The number of halogens is 1. The van der Waals surface area contributed by atoms with Gasteiger partial charge in [-0.15, -0.1) is 0 Å². The van der Waals surface area contributed by atoms with Crippen molar-refractivity contribution in [3.05, 3.63) is 47.4 Å². The summed E-state index contributed by atoms with van der Waals surface area (Å²) in [6.45, 7) is 0.503. The second kappa shape index (κ2) is 6.34. The topological polar surface area (TPSA) is 89.2 Å². The van der Waals surface area contributed by atoms with Gasteiger partial charge >= 0.3 is 0 Å². The van der Waals surface area contributed by atoms with Crippen LogP contribution in [0.1, 0.15) is 23.3 Å². The smallest absolute Gasteiger partial charge is 0.273 e. The van der Waals surface area contributed by atoms with Crippen LogP contribution in [0.4, 0.5) is 0 Å². The van der Waals surface area contributed by atoms with Crippen molar-refractivity contribution in [2.45, 2.75) is 18.9 Å². The van der Waals surface area contributed by atoms with Gasteiger partial charge in [0, 0.05) is 17.1 Å². The summed E-state index contributed by atoms with van der Waals surface area (Å²) >= 11 is 5.98. The fraction of sp³-hybridized carbons (Fsp3) is 0.250. The van der Waals surface area contributed by atoms with Crippen LogP contribution >= 0.6 is 11.6 Å². The van der Waals surface area contributed by atoms with Crippen molar-refractivity contribution in [1.82, 2.24) is 14.9 Å². The Labute approximate surface area is 138 Å². The Hall–Kier alpha value is -2.47. The van der Waals surface area contributed by atoms with Crippen LogP contribution < -0.4 is 5.73 Å². The highest BCUT2D eigenvalue weighted by Crippen LogP contribution is 2.23. The van der Waals surface area contributed by atoms with Gasteiger partial charge in [0.2, 0.25) is 5.91 Å². The highest BCUT2D eigenvalue weighted by molar-refractivity contribution is 6.30. The van der Waals surface area contributed by atoms with E-state index in [1.54, 1.807) is 18.2 Å². The Bertz CT molecular complexity index is 765. The molecular weight excluding hydrogens is 316 g/mol. The zero-order valence-electron chi connectivity index (χ0n) is 12.3. The fourth-order valence-corrected chi connectivity index (χ4v) is 2.92. The number of aromatic nitrogens is 2. The number of nitrogens with zero attached hydrogens (tertiary/aromatic N) is 3. The molecule has 1 fully saturated rings. The van der Waals surface area contributed by atoms with Gasteiger partial charge in [-0.25, -0.2) is 9.97 Å². The summed E-state index contributed by atoms with van der Waals surface area (Å²) < 4.78 is 0. The van der Waals surface area contributed by atoms with E-state index in [-0.39, 0.29) is 11.6 Å². The molecule has 2 aromatic rings. The maximum Gasteiger partial charge on any atom is 0.273 e. The van der Waals surface area contributed by atoms with Crippen molar-refractivity contribution in [2.75, 3.05) is 6.54 Å². The first-order valence-electron chi connectivity index (χ1n) is 7.24. The summed E-state index contributed by atoms with van der Waals surface area (Å²) in [4.78, 5) is 33.8. The molecule has 23 heavy (non-hydrogen) atoms. The Morgan fingerprint density at radius 2 is 2.09 bits per heavy atom. The Morgan fingerprint density at radius 1 is 1.26 bits per heavy atom. The SMILES string of the molecule is NC(=O)[C@H]1CCCN1C(=O)c1cc(-c2cccc(Cl)c2)ncn1. The van der Waals surface area contributed by atoms with Crippen LogP contribution in [0.15, 0.2) is 36.7 Å². The summed E-state index contributed by atoms with van der Waals surface area (Å²) in [6, 6.07) is 8.23. The number of carbonyl (C=O) groups is 2. The quantitative estimate of drug-likeness (QED) is 0.930. The van der Waals surface area contributed by atoms with Gasteiger partial charge in [-0.3, -0.25) is 9.59 Å². The lowest BCUT2D eigenvalue weighted by molar-refractivity contribution is -0.121. The number of carbonyl (C=O) groups excluding carboxylic acids is 2. The van der Waals surface area contributed by atoms with Gasteiger partial charge in [-0.05, 0) is 31.0 Å². The lowest BCUT2D eigenvalue weighted by Gasteiger charge is -2.21. The third-order valence-electron chi connectivity index (χ3n) is 3.85. The zero-order valence-corrected chi connectivity index (χ0v) is 13.0. The van der Waals surface area contributed by atoms with Crippen LogP contribution in [0, 0.1) is 0 Å². The van der Waals surface area contributed by atoms with Gasteiger partial charge in [0.1, 0.15) is 18.1 Å². The molecule has 0 aliphatic carbocycles. The molecule has 2 heterocycles. The molecule has 3 rings (SSSR count). The Kier molecular flexibility index (Phi) is 4.25. The molecule has 7 heteroatoms. The summed E-state index contributed by atoms with van der Waals surface area (Å²) in [5.41, 5.74) is 6.99. The van der Waals surface area contributed by atoms with Crippen molar-refractivity contribution in [1.29, 1.82) is 0 Å². The minimum atomic E-state index is -0.563. The minimum Gasteiger partial charge on any atom is -0.368 e. The van der Waals surface area contributed by atoms with E-state index in [1.807, 2.05) is 12.1 Å². The van der Waals surface area contributed by atoms with Gasteiger partial charge in [0.25, 0.3) is 5.91 Å². The van der Waals surface area contributed by atoms with E-state index in [9.17, 15) is 9.59 Å². The number of benzene rings is 1. The number of likely N-dealkylation sites (tertiary alicyclic amines) is 1. The molecule has 0 unspecified atom stereocenters. The number of hydrogen-bond donors (Lipinski definition) is 1. The van der Waals surface area contributed by atoms with E-state index in [4.69, 9.17) is 17.3 Å². The zero-order chi connectivity index (χ0) is 16.4. The molecule has 2 N–H and O–H groups in total.